The summed E-state index contributed by atoms with van der Waals surface area (Å²) in [4.78, 5) is 12.1. The zero-order valence-corrected chi connectivity index (χ0v) is 14.0. The van der Waals surface area contributed by atoms with Crippen LogP contribution in [0.1, 0.15) is 56.4 Å². The number of rotatable bonds is 6. The highest BCUT2D eigenvalue weighted by Crippen LogP contribution is 2.48. The van der Waals surface area contributed by atoms with Crippen molar-refractivity contribution in [1.82, 2.24) is 10.6 Å². The van der Waals surface area contributed by atoms with Gasteiger partial charge in [0.25, 0.3) is 0 Å². The molecule has 5 heteroatoms. The molecule has 0 spiro atoms. The van der Waals surface area contributed by atoms with E-state index in [1.807, 2.05) is 0 Å². The fourth-order valence-corrected chi connectivity index (χ4v) is 3.71. The Hall–Kier alpha value is -1.49. The van der Waals surface area contributed by atoms with E-state index in [2.05, 4.69) is 10.6 Å². The minimum Gasteiger partial charge on any atom is -0.355 e. The number of hydrogen-bond acceptors (Lipinski definition) is 2. The van der Waals surface area contributed by atoms with Gasteiger partial charge in [0.15, 0.2) is 0 Å². The smallest absolute Gasteiger partial charge is 0.223 e. The lowest BCUT2D eigenvalue weighted by atomic mass is 10.1. The van der Waals surface area contributed by atoms with E-state index in [0.29, 0.717) is 24.6 Å². The van der Waals surface area contributed by atoms with E-state index in [4.69, 9.17) is 0 Å². The van der Waals surface area contributed by atoms with E-state index >= 15 is 0 Å². The average molecular weight is 336 g/mol. The Morgan fingerprint density at radius 2 is 1.83 bits per heavy atom. The molecular weight excluding hydrogens is 310 g/mol. The third kappa shape index (κ3) is 4.53. The number of nitrogens with one attached hydrogen (secondary N) is 2. The first kappa shape index (κ1) is 17.3. The van der Waals surface area contributed by atoms with Crippen LogP contribution >= 0.6 is 0 Å². The van der Waals surface area contributed by atoms with Gasteiger partial charge in [-0.2, -0.15) is 0 Å². The van der Waals surface area contributed by atoms with Crippen molar-refractivity contribution in [3.05, 3.63) is 35.4 Å². The zero-order valence-electron chi connectivity index (χ0n) is 14.0. The molecule has 3 rings (SSSR count). The summed E-state index contributed by atoms with van der Waals surface area (Å²) in [5.41, 5.74) is 0.452. The van der Waals surface area contributed by atoms with Crippen molar-refractivity contribution in [3.63, 3.8) is 0 Å². The predicted octanol–water partition coefficient (Wildman–Crippen LogP) is 3.50. The first-order valence-electron chi connectivity index (χ1n) is 9.11. The second-order valence-electron chi connectivity index (χ2n) is 7.05. The maximum Gasteiger partial charge on any atom is 0.223 e. The Kier molecular flexibility index (Phi) is 5.82. The maximum atomic E-state index is 13.7. The summed E-state index contributed by atoms with van der Waals surface area (Å²) >= 11 is 0. The summed E-state index contributed by atoms with van der Waals surface area (Å²) in [6.07, 6.45) is 8.33. The van der Waals surface area contributed by atoms with Crippen molar-refractivity contribution >= 4 is 5.91 Å². The summed E-state index contributed by atoms with van der Waals surface area (Å²) in [6.45, 7) is 1.38. The Labute approximate surface area is 142 Å². The third-order valence-electron chi connectivity index (χ3n) is 5.20. The first-order valence-corrected chi connectivity index (χ1v) is 9.11. The summed E-state index contributed by atoms with van der Waals surface area (Å²) in [5.74, 6) is -1.44. The van der Waals surface area contributed by atoms with Crippen molar-refractivity contribution in [2.75, 3.05) is 13.1 Å². The molecule has 3 nitrogen and oxygen atoms in total. The number of amides is 1. The van der Waals surface area contributed by atoms with E-state index in [1.165, 1.54) is 50.7 Å². The molecule has 2 N–H and O–H groups in total. The molecule has 1 amide bonds. The average Bonchev–Trinajstić information content (AvgIpc) is 3.35. The van der Waals surface area contributed by atoms with Crippen molar-refractivity contribution in [2.24, 2.45) is 5.92 Å². The van der Waals surface area contributed by atoms with Crippen LogP contribution in [0.3, 0.4) is 0 Å². The van der Waals surface area contributed by atoms with Gasteiger partial charge in [0.05, 0.1) is 0 Å². The summed E-state index contributed by atoms with van der Waals surface area (Å²) < 4.78 is 26.7. The molecule has 24 heavy (non-hydrogen) atoms. The maximum absolute atomic E-state index is 13.7. The van der Waals surface area contributed by atoms with Crippen LogP contribution in [0.15, 0.2) is 18.2 Å². The number of halogens is 2. The van der Waals surface area contributed by atoms with Gasteiger partial charge in [-0.25, -0.2) is 8.78 Å². The number of benzene rings is 1. The van der Waals surface area contributed by atoms with Crippen LogP contribution in [0.25, 0.3) is 0 Å². The SMILES string of the molecule is O=C(NCCNC1CCCCCC1)C1CC1c1ccc(F)cc1F. The van der Waals surface area contributed by atoms with E-state index < -0.39 is 11.6 Å². The molecule has 2 atom stereocenters. The fourth-order valence-electron chi connectivity index (χ4n) is 3.71. The highest BCUT2D eigenvalue weighted by Gasteiger charge is 2.45. The van der Waals surface area contributed by atoms with Gasteiger partial charge in [0.2, 0.25) is 5.91 Å². The fraction of sp³-hybridized carbons (Fsp3) is 0.632. The van der Waals surface area contributed by atoms with E-state index in [9.17, 15) is 13.6 Å². The van der Waals surface area contributed by atoms with Gasteiger partial charge >= 0.3 is 0 Å². The molecule has 2 fully saturated rings. The predicted molar refractivity (Wildman–Crippen MR) is 89.7 cm³/mol. The van der Waals surface area contributed by atoms with Gasteiger partial charge in [-0.15, -0.1) is 0 Å². The summed E-state index contributed by atoms with van der Waals surface area (Å²) in [5, 5.41) is 6.45. The van der Waals surface area contributed by atoms with Gasteiger partial charge in [0.1, 0.15) is 11.6 Å². The number of carbonyl (C=O) groups excluding carboxylic acids is 1. The Morgan fingerprint density at radius 3 is 2.54 bits per heavy atom. The molecule has 1 aromatic carbocycles. The number of carbonyl (C=O) groups is 1. The monoisotopic (exact) mass is 336 g/mol. The van der Waals surface area contributed by atoms with E-state index in [0.717, 1.165) is 12.6 Å². The Balaban J connectivity index is 1.37. The van der Waals surface area contributed by atoms with Crippen LogP contribution < -0.4 is 10.6 Å². The normalized spacial score (nSPS) is 24.4. The summed E-state index contributed by atoms with van der Waals surface area (Å²) in [6, 6.07) is 4.17. The van der Waals surface area contributed by atoms with Gasteiger partial charge in [-0.3, -0.25) is 4.79 Å². The molecule has 1 aromatic rings. The zero-order chi connectivity index (χ0) is 16.9. The molecule has 0 bridgehead atoms. The molecule has 0 saturated heterocycles. The van der Waals surface area contributed by atoms with Crippen LogP contribution in [0.2, 0.25) is 0 Å². The lowest BCUT2D eigenvalue weighted by Crippen LogP contribution is -2.37. The molecule has 2 saturated carbocycles. The lowest BCUT2D eigenvalue weighted by molar-refractivity contribution is -0.122. The molecule has 2 aliphatic rings. The molecule has 2 unspecified atom stereocenters. The highest BCUT2D eigenvalue weighted by atomic mass is 19.1. The number of hydrogen-bond donors (Lipinski definition) is 2. The van der Waals surface area contributed by atoms with Crippen LogP contribution in [0, 0.1) is 17.6 Å². The quantitative estimate of drug-likeness (QED) is 0.617. The topological polar surface area (TPSA) is 41.1 Å². The first-order chi connectivity index (χ1) is 11.6. The van der Waals surface area contributed by atoms with Crippen molar-refractivity contribution in [1.29, 1.82) is 0 Å². The van der Waals surface area contributed by atoms with Crippen LogP contribution in [-0.4, -0.2) is 25.0 Å². The highest BCUT2D eigenvalue weighted by molar-refractivity contribution is 5.82. The standard InChI is InChI=1S/C19H26F2N2O/c20-13-7-8-15(18(21)11-13)16-12-17(16)19(24)23-10-9-22-14-5-3-1-2-4-6-14/h7-8,11,14,16-17,22H,1-6,9-10,12H2,(H,23,24). The molecule has 132 valence electrons. The summed E-state index contributed by atoms with van der Waals surface area (Å²) in [7, 11) is 0. The second-order valence-corrected chi connectivity index (χ2v) is 7.05. The van der Waals surface area contributed by atoms with E-state index in [1.54, 1.807) is 0 Å². The van der Waals surface area contributed by atoms with E-state index in [-0.39, 0.29) is 17.7 Å². The van der Waals surface area contributed by atoms with Crippen LogP contribution in [0.5, 0.6) is 0 Å². The van der Waals surface area contributed by atoms with Crippen molar-refractivity contribution in [3.8, 4) is 0 Å². The lowest BCUT2D eigenvalue weighted by Gasteiger charge is -2.16. The van der Waals surface area contributed by atoms with Gasteiger partial charge < -0.3 is 10.6 Å². The van der Waals surface area contributed by atoms with Crippen LogP contribution in [-0.2, 0) is 4.79 Å². The van der Waals surface area contributed by atoms with Crippen LogP contribution in [0.4, 0.5) is 8.78 Å². The molecule has 0 heterocycles. The third-order valence-corrected chi connectivity index (χ3v) is 5.20. The van der Waals surface area contributed by atoms with Gasteiger partial charge in [-0.1, -0.05) is 31.7 Å². The van der Waals surface area contributed by atoms with Gasteiger partial charge in [-0.05, 0) is 36.8 Å². The Morgan fingerprint density at radius 1 is 1.08 bits per heavy atom. The molecule has 0 aliphatic heterocycles. The van der Waals surface area contributed by atoms with Crippen molar-refractivity contribution in [2.45, 2.75) is 56.9 Å². The minimum absolute atomic E-state index is 0.0219. The largest absolute Gasteiger partial charge is 0.355 e. The Bertz CT molecular complexity index is 570. The molecule has 2 aliphatic carbocycles. The van der Waals surface area contributed by atoms with Crippen molar-refractivity contribution < 1.29 is 13.6 Å². The second kappa shape index (κ2) is 8.06. The minimum atomic E-state index is -0.581. The molecular formula is C19H26F2N2O. The molecule has 0 radical (unpaired) electrons. The molecule has 0 aromatic heterocycles. The van der Waals surface area contributed by atoms with Gasteiger partial charge in [0, 0.05) is 31.1 Å².